The fourth-order valence-electron chi connectivity index (χ4n) is 3.04. The van der Waals surface area contributed by atoms with Crippen molar-refractivity contribution in [3.63, 3.8) is 0 Å². The zero-order valence-electron chi connectivity index (χ0n) is 10.9. The quantitative estimate of drug-likeness (QED) is 0.775. The number of benzene rings is 2. The molecule has 0 unspecified atom stereocenters. The van der Waals surface area contributed by atoms with E-state index >= 15 is 4.39 Å². The van der Waals surface area contributed by atoms with Crippen LogP contribution in [0.5, 0.6) is 0 Å². The van der Waals surface area contributed by atoms with Crippen LogP contribution in [0.2, 0.25) is 0 Å². The number of fused-ring (bicyclic) bond motifs is 3. The van der Waals surface area contributed by atoms with Gasteiger partial charge in [0.05, 0.1) is 6.54 Å². The summed E-state index contributed by atoms with van der Waals surface area (Å²) in [6.45, 7) is 0.163. The third-order valence-corrected chi connectivity index (χ3v) is 4.03. The van der Waals surface area contributed by atoms with Crippen LogP contribution in [-0.4, -0.2) is 18.1 Å². The molecule has 2 aromatic rings. The van der Waals surface area contributed by atoms with Crippen molar-refractivity contribution in [2.75, 3.05) is 6.54 Å². The molecule has 4 rings (SSSR count). The molecule has 2 nitrogen and oxygen atoms in total. The molecule has 0 N–H and O–H groups in total. The molecule has 0 fully saturated rings. The lowest BCUT2D eigenvalue weighted by molar-refractivity contribution is 0.00724. The topological polar surface area (TPSA) is 21.6 Å². The highest BCUT2D eigenvalue weighted by Gasteiger charge is 2.51. The molecule has 2 aliphatic rings. The van der Waals surface area contributed by atoms with Crippen molar-refractivity contribution in [2.45, 2.75) is 18.2 Å². The van der Waals surface area contributed by atoms with Gasteiger partial charge in [-0.05, 0) is 23.3 Å². The average molecular weight is 267 g/mol. The van der Waals surface area contributed by atoms with Crippen LogP contribution in [0.25, 0.3) is 0 Å². The second kappa shape index (κ2) is 4.17. The minimum absolute atomic E-state index is 0.163. The van der Waals surface area contributed by atoms with Gasteiger partial charge in [-0.3, -0.25) is 0 Å². The van der Waals surface area contributed by atoms with E-state index in [4.69, 9.17) is 4.74 Å². The van der Waals surface area contributed by atoms with E-state index in [0.717, 1.165) is 16.7 Å². The van der Waals surface area contributed by atoms with Crippen molar-refractivity contribution in [1.29, 1.82) is 0 Å². The van der Waals surface area contributed by atoms with Crippen molar-refractivity contribution >= 4 is 5.90 Å². The Morgan fingerprint density at radius 1 is 1.05 bits per heavy atom. The molecule has 2 atom stereocenters. The molecule has 0 aromatic heterocycles. The summed E-state index contributed by atoms with van der Waals surface area (Å²) in [5, 5.41) is 0. The van der Waals surface area contributed by atoms with E-state index in [0.29, 0.717) is 12.3 Å². The van der Waals surface area contributed by atoms with Crippen LogP contribution >= 0.6 is 0 Å². The Kier molecular flexibility index (Phi) is 2.43. The van der Waals surface area contributed by atoms with Crippen LogP contribution in [0, 0.1) is 0 Å². The molecule has 100 valence electrons. The number of ether oxygens (including phenoxy) is 1. The van der Waals surface area contributed by atoms with Gasteiger partial charge in [0.25, 0.3) is 0 Å². The maximum Gasteiger partial charge on any atom is 0.216 e. The van der Waals surface area contributed by atoms with Crippen LogP contribution in [0.15, 0.2) is 59.6 Å². The van der Waals surface area contributed by atoms with E-state index in [1.165, 1.54) is 0 Å². The molecule has 0 radical (unpaired) electrons. The Labute approximate surface area is 116 Å². The van der Waals surface area contributed by atoms with E-state index in [1.807, 2.05) is 54.6 Å². The molecule has 3 heteroatoms. The normalized spacial score (nSPS) is 27.2. The maximum absolute atomic E-state index is 15.0. The van der Waals surface area contributed by atoms with Gasteiger partial charge in [0.15, 0.2) is 11.8 Å². The van der Waals surface area contributed by atoms with Gasteiger partial charge in [0.2, 0.25) is 5.90 Å². The van der Waals surface area contributed by atoms with Crippen molar-refractivity contribution in [3.05, 3.63) is 71.3 Å². The minimum Gasteiger partial charge on any atom is -0.466 e. The summed E-state index contributed by atoms with van der Waals surface area (Å²) in [6.07, 6.45) is -0.147. The second-order valence-electron chi connectivity index (χ2n) is 5.40. The van der Waals surface area contributed by atoms with Crippen LogP contribution in [0.3, 0.4) is 0 Å². The average Bonchev–Trinajstić information content (AvgIpc) is 2.79. The third kappa shape index (κ3) is 1.66. The van der Waals surface area contributed by atoms with E-state index < -0.39 is 11.8 Å². The van der Waals surface area contributed by atoms with Gasteiger partial charge in [-0.1, -0.05) is 42.5 Å². The highest BCUT2D eigenvalue weighted by atomic mass is 19.1. The lowest BCUT2D eigenvalue weighted by Crippen LogP contribution is -2.39. The summed E-state index contributed by atoms with van der Waals surface area (Å²) in [5.41, 5.74) is 1.49. The van der Waals surface area contributed by atoms with Crippen LogP contribution in [0.4, 0.5) is 4.39 Å². The van der Waals surface area contributed by atoms with Gasteiger partial charge in [-0.25, -0.2) is 9.38 Å². The monoisotopic (exact) mass is 267 g/mol. The molecule has 0 saturated carbocycles. The molecule has 1 heterocycles. The zero-order valence-corrected chi connectivity index (χ0v) is 10.9. The van der Waals surface area contributed by atoms with E-state index in [9.17, 15) is 0 Å². The molecular formula is C17H14FNO. The highest BCUT2D eigenvalue weighted by Crippen LogP contribution is 2.46. The number of alkyl halides is 1. The Balaban J connectivity index is 1.73. The minimum atomic E-state index is -1.40. The van der Waals surface area contributed by atoms with Gasteiger partial charge in [-0.2, -0.15) is 0 Å². The molecular weight excluding hydrogens is 253 g/mol. The number of hydrogen-bond acceptors (Lipinski definition) is 2. The van der Waals surface area contributed by atoms with Gasteiger partial charge < -0.3 is 4.74 Å². The molecule has 0 spiro atoms. The van der Waals surface area contributed by atoms with Crippen molar-refractivity contribution in [3.8, 4) is 0 Å². The predicted octanol–water partition coefficient (Wildman–Crippen LogP) is 3.47. The number of rotatable bonds is 1. The largest absolute Gasteiger partial charge is 0.466 e. The molecule has 0 bridgehead atoms. The first kappa shape index (κ1) is 11.6. The fourth-order valence-corrected chi connectivity index (χ4v) is 3.04. The summed E-state index contributed by atoms with van der Waals surface area (Å²) >= 11 is 0. The van der Waals surface area contributed by atoms with Crippen molar-refractivity contribution in [1.82, 2.24) is 0 Å². The van der Waals surface area contributed by atoms with Gasteiger partial charge >= 0.3 is 0 Å². The smallest absolute Gasteiger partial charge is 0.216 e. The fraction of sp³-hybridized carbons (Fsp3) is 0.235. The SMILES string of the molecule is F[C@@]12CN=C(c3ccccc3)O[C@@H]1c1ccccc1C2. The van der Waals surface area contributed by atoms with Crippen molar-refractivity contribution in [2.24, 2.45) is 4.99 Å². The Morgan fingerprint density at radius 2 is 1.80 bits per heavy atom. The summed E-state index contributed by atoms with van der Waals surface area (Å²) in [5.74, 6) is 0.542. The molecule has 1 aliphatic heterocycles. The first-order chi connectivity index (χ1) is 9.76. The Hall–Kier alpha value is -2.16. The molecule has 20 heavy (non-hydrogen) atoms. The molecule has 0 saturated heterocycles. The second-order valence-corrected chi connectivity index (χ2v) is 5.40. The highest BCUT2D eigenvalue weighted by molar-refractivity contribution is 5.94. The van der Waals surface area contributed by atoms with Gasteiger partial charge in [0, 0.05) is 12.0 Å². The number of hydrogen-bond donors (Lipinski definition) is 0. The first-order valence-electron chi connectivity index (χ1n) is 6.79. The number of nitrogens with zero attached hydrogens (tertiary/aromatic N) is 1. The molecule has 2 aromatic carbocycles. The summed E-state index contributed by atoms with van der Waals surface area (Å²) in [6, 6.07) is 17.5. The lowest BCUT2D eigenvalue weighted by Gasteiger charge is -2.31. The van der Waals surface area contributed by atoms with Gasteiger partial charge in [-0.15, -0.1) is 0 Å². The zero-order chi connectivity index (χ0) is 13.6. The van der Waals surface area contributed by atoms with Crippen LogP contribution in [0.1, 0.15) is 22.8 Å². The molecule has 0 amide bonds. The van der Waals surface area contributed by atoms with Crippen molar-refractivity contribution < 1.29 is 9.13 Å². The molecule has 1 aliphatic carbocycles. The standard InChI is InChI=1S/C17H14FNO/c18-17-10-13-8-4-5-9-14(13)15(17)20-16(19-11-17)12-6-2-1-3-7-12/h1-9,15H,10-11H2/t15-,17+/m1/s1. The van der Waals surface area contributed by atoms with E-state index in [-0.39, 0.29) is 6.54 Å². The van der Waals surface area contributed by atoms with E-state index in [1.54, 1.807) is 0 Å². The van der Waals surface area contributed by atoms with Crippen LogP contribution in [-0.2, 0) is 11.2 Å². The Morgan fingerprint density at radius 3 is 2.65 bits per heavy atom. The van der Waals surface area contributed by atoms with Crippen LogP contribution < -0.4 is 0 Å². The summed E-state index contributed by atoms with van der Waals surface area (Å²) < 4.78 is 20.9. The number of halogens is 1. The first-order valence-corrected chi connectivity index (χ1v) is 6.79. The lowest BCUT2D eigenvalue weighted by atomic mass is 9.98. The van der Waals surface area contributed by atoms with Gasteiger partial charge in [0.1, 0.15) is 0 Å². The van der Waals surface area contributed by atoms with E-state index in [2.05, 4.69) is 4.99 Å². The Bertz CT molecular complexity index is 682. The maximum atomic E-state index is 15.0. The number of aliphatic imine (C=N–C) groups is 1. The predicted molar refractivity (Wildman–Crippen MR) is 75.7 cm³/mol. The summed E-state index contributed by atoms with van der Waals surface area (Å²) in [4.78, 5) is 4.32. The summed E-state index contributed by atoms with van der Waals surface area (Å²) in [7, 11) is 0. The third-order valence-electron chi connectivity index (χ3n) is 4.03.